The first-order valence-corrected chi connectivity index (χ1v) is 8.54. The van der Waals surface area contributed by atoms with Gasteiger partial charge in [0.05, 0.1) is 19.4 Å². The summed E-state index contributed by atoms with van der Waals surface area (Å²) in [6, 6.07) is 13.1. The molecule has 1 heterocycles. The van der Waals surface area contributed by atoms with E-state index in [9.17, 15) is 4.79 Å². The minimum Gasteiger partial charge on any atom is -0.481 e. The highest BCUT2D eigenvalue weighted by molar-refractivity contribution is 5.94. The lowest BCUT2D eigenvalue weighted by Gasteiger charge is -2.41. The van der Waals surface area contributed by atoms with Gasteiger partial charge in [-0.05, 0) is 31.0 Å². The smallest absolute Gasteiger partial charge is 0.251 e. The number of ether oxygens (including phenoxy) is 2. The highest BCUT2D eigenvalue weighted by Crippen LogP contribution is 2.40. The van der Waals surface area contributed by atoms with E-state index < -0.39 is 0 Å². The Kier molecular flexibility index (Phi) is 5.34. The molecule has 0 aliphatic heterocycles. The lowest BCUT2D eigenvalue weighted by Crippen LogP contribution is -2.45. The minimum atomic E-state index is -0.0486. The Balaban J connectivity index is 1.64. The second-order valence-electron chi connectivity index (χ2n) is 6.61. The van der Waals surface area contributed by atoms with E-state index in [0.29, 0.717) is 24.6 Å². The number of nitrogens with one attached hydrogen (secondary N) is 1. The maximum atomic E-state index is 12.4. The number of nitrogens with zero attached hydrogens (tertiary/aromatic N) is 1. The maximum Gasteiger partial charge on any atom is 0.251 e. The Labute approximate surface area is 148 Å². The highest BCUT2D eigenvalue weighted by Gasteiger charge is 2.37. The number of aromatic nitrogens is 1. The molecule has 1 amide bonds. The van der Waals surface area contributed by atoms with Crippen molar-refractivity contribution in [1.82, 2.24) is 10.3 Å². The van der Waals surface area contributed by atoms with Crippen LogP contribution in [-0.4, -0.2) is 38.3 Å². The number of hydrogen-bond acceptors (Lipinski definition) is 4. The quantitative estimate of drug-likeness (QED) is 0.840. The summed E-state index contributed by atoms with van der Waals surface area (Å²) in [6.45, 7) is 1.37. The summed E-state index contributed by atoms with van der Waals surface area (Å²) < 4.78 is 10.5. The number of amides is 1. The molecule has 0 spiro atoms. The summed E-state index contributed by atoms with van der Waals surface area (Å²) in [7, 11) is 3.31. The van der Waals surface area contributed by atoms with Crippen LogP contribution >= 0.6 is 0 Å². The maximum absolute atomic E-state index is 12.4. The lowest BCUT2D eigenvalue weighted by molar-refractivity contribution is 0.0180. The molecule has 0 radical (unpaired) electrons. The molecule has 2 aromatic rings. The first kappa shape index (κ1) is 17.4. The predicted molar refractivity (Wildman–Crippen MR) is 96.7 cm³/mol. The molecule has 1 aliphatic rings. The third-order valence-electron chi connectivity index (χ3n) is 4.86. The van der Waals surface area contributed by atoms with Gasteiger partial charge in [0, 0.05) is 36.3 Å². The van der Waals surface area contributed by atoms with Crippen LogP contribution in [0, 0.1) is 5.41 Å². The van der Waals surface area contributed by atoms with Crippen LogP contribution < -0.4 is 10.1 Å². The molecule has 3 rings (SSSR count). The summed E-state index contributed by atoms with van der Waals surface area (Å²) in [5, 5.41) is 3.05. The van der Waals surface area contributed by atoms with Gasteiger partial charge in [-0.1, -0.05) is 24.6 Å². The molecule has 132 valence electrons. The second kappa shape index (κ2) is 7.66. The molecule has 0 saturated heterocycles. The van der Waals surface area contributed by atoms with Crippen molar-refractivity contribution in [3.8, 4) is 17.1 Å². The van der Waals surface area contributed by atoms with Crippen LogP contribution in [0.1, 0.15) is 29.6 Å². The van der Waals surface area contributed by atoms with E-state index in [1.807, 2.05) is 42.5 Å². The Hall–Kier alpha value is -2.40. The Morgan fingerprint density at radius 3 is 2.52 bits per heavy atom. The van der Waals surface area contributed by atoms with Gasteiger partial charge in [0.1, 0.15) is 0 Å². The molecule has 0 atom stereocenters. The zero-order chi connectivity index (χ0) is 17.7. The van der Waals surface area contributed by atoms with E-state index in [-0.39, 0.29) is 11.3 Å². The SMILES string of the molecule is COCC1(CNC(=O)c2ccc(-c3cccc(OC)n3)cc2)CCC1. The van der Waals surface area contributed by atoms with Gasteiger partial charge in [0.25, 0.3) is 5.91 Å². The fourth-order valence-corrected chi connectivity index (χ4v) is 3.21. The largest absolute Gasteiger partial charge is 0.481 e. The van der Waals surface area contributed by atoms with Gasteiger partial charge in [-0.3, -0.25) is 4.79 Å². The normalized spacial score (nSPS) is 15.3. The van der Waals surface area contributed by atoms with Gasteiger partial charge in [-0.25, -0.2) is 4.98 Å². The monoisotopic (exact) mass is 340 g/mol. The average Bonchev–Trinajstić information content (AvgIpc) is 2.63. The van der Waals surface area contributed by atoms with Gasteiger partial charge in [0.15, 0.2) is 0 Å². The number of benzene rings is 1. The van der Waals surface area contributed by atoms with Crippen LogP contribution in [0.15, 0.2) is 42.5 Å². The zero-order valence-corrected chi connectivity index (χ0v) is 14.7. The Morgan fingerprint density at radius 2 is 1.92 bits per heavy atom. The van der Waals surface area contributed by atoms with Crippen molar-refractivity contribution in [3.63, 3.8) is 0 Å². The third kappa shape index (κ3) is 3.99. The topological polar surface area (TPSA) is 60.5 Å². The molecular formula is C20H24N2O3. The summed E-state index contributed by atoms with van der Waals surface area (Å²) in [4.78, 5) is 16.8. The molecule has 1 fully saturated rings. The van der Waals surface area contributed by atoms with Crippen molar-refractivity contribution in [1.29, 1.82) is 0 Å². The highest BCUT2D eigenvalue weighted by atomic mass is 16.5. The second-order valence-corrected chi connectivity index (χ2v) is 6.61. The van der Waals surface area contributed by atoms with E-state index in [1.165, 1.54) is 6.42 Å². The fraction of sp³-hybridized carbons (Fsp3) is 0.400. The van der Waals surface area contributed by atoms with Gasteiger partial charge >= 0.3 is 0 Å². The zero-order valence-electron chi connectivity index (χ0n) is 14.7. The van der Waals surface area contributed by atoms with Gasteiger partial charge in [-0.15, -0.1) is 0 Å². The van der Waals surface area contributed by atoms with E-state index in [1.54, 1.807) is 14.2 Å². The molecule has 1 aromatic carbocycles. The van der Waals surface area contributed by atoms with E-state index in [0.717, 1.165) is 24.1 Å². The molecule has 5 heteroatoms. The lowest BCUT2D eigenvalue weighted by atomic mass is 9.69. The van der Waals surface area contributed by atoms with Crippen molar-refractivity contribution >= 4 is 5.91 Å². The minimum absolute atomic E-state index is 0.0486. The fourth-order valence-electron chi connectivity index (χ4n) is 3.21. The van der Waals surface area contributed by atoms with E-state index in [4.69, 9.17) is 9.47 Å². The molecular weight excluding hydrogens is 316 g/mol. The van der Waals surface area contributed by atoms with Crippen molar-refractivity contribution in [2.24, 2.45) is 5.41 Å². The predicted octanol–water partition coefficient (Wildman–Crippen LogP) is 3.30. The Bertz CT molecular complexity index is 724. The molecule has 25 heavy (non-hydrogen) atoms. The average molecular weight is 340 g/mol. The molecule has 0 bridgehead atoms. The number of rotatable bonds is 7. The Morgan fingerprint density at radius 1 is 1.16 bits per heavy atom. The molecule has 1 aromatic heterocycles. The molecule has 0 unspecified atom stereocenters. The van der Waals surface area contributed by atoms with Gasteiger partial charge in [0.2, 0.25) is 5.88 Å². The molecule has 1 saturated carbocycles. The van der Waals surface area contributed by atoms with Crippen molar-refractivity contribution in [2.75, 3.05) is 27.4 Å². The van der Waals surface area contributed by atoms with Crippen LogP contribution in [0.4, 0.5) is 0 Å². The number of pyridine rings is 1. The van der Waals surface area contributed by atoms with Crippen molar-refractivity contribution < 1.29 is 14.3 Å². The number of carbonyl (C=O) groups excluding carboxylic acids is 1. The van der Waals surface area contributed by atoms with Crippen LogP contribution in [0.25, 0.3) is 11.3 Å². The summed E-state index contributed by atoms with van der Waals surface area (Å²) >= 11 is 0. The van der Waals surface area contributed by atoms with Crippen LogP contribution in [0.5, 0.6) is 5.88 Å². The summed E-state index contributed by atoms with van der Waals surface area (Å²) in [5.41, 5.74) is 2.54. The van der Waals surface area contributed by atoms with Crippen molar-refractivity contribution in [2.45, 2.75) is 19.3 Å². The first-order valence-electron chi connectivity index (χ1n) is 8.54. The standard InChI is InChI=1S/C20H24N2O3/c1-24-14-20(11-4-12-20)13-21-19(23)16-9-7-15(8-10-16)17-5-3-6-18(22-17)25-2/h3,5-10H,4,11-14H2,1-2H3,(H,21,23). The molecule has 1 aliphatic carbocycles. The van der Waals surface area contributed by atoms with E-state index in [2.05, 4.69) is 10.3 Å². The van der Waals surface area contributed by atoms with Gasteiger partial charge in [-0.2, -0.15) is 0 Å². The van der Waals surface area contributed by atoms with Crippen LogP contribution in [-0.2, 0) is 4.74 Å². The third-order valence-corrected chi connectivity index (χ3v) is 4.86. The number of hydrogen-bond donors (Lipinski definition) is 1. The molecule has 1 N–H and O–H groups in total. The van der Waals surface area contributed by atoms with Crippen molar-refractivity contribution in [3.05, 3.63) is 48.0 Å². The first-order chi connectivity index (χ1) is 12.2. The summed E-state index contributed by atoms with van der Waals surface area (Å²) in [5.74, 6) is 0.524. The van der Waals surface area contributed by atoms with Crippen LogP contribution in [0.3, 0.4) is 0 Å². The van der Waals surface area contributed by atoms with Crippen LogP contribution in [0.2, 0.25) is 0 Å². The number of carbonyl (C=O) groups is 1. The van der Waals surface area contributed by atoms with E-state index >= 15 is 0 Å². The summed E-state index contributed by atoms with van der Waals surface area (Å²) in [6.07, 6.45) is 3.44. The van der Waals surface area contributed by atoms with Gasteiger partial charge < -0.3 is 14.8 Å². The number of methoxy groups -OCH3 is 2. The molecule has 5 nitrogen and oxygen atoms in total.